The number of fused-ring (bicyclic) bond motifs is 2. The van der Waals surface area contributed by atoms with Crippen LogP contribution in [0.5, 0.6) is 0 Å². The number of aromatic amines is 1. The Morgan fingerprint density at radius 2 is 1.97 bits per heavy atom. The Bertz CT molecular complexity index is 1360. The Morgan fingerprint density at radius 1 is 1.10 bits per heavy atom. The largest absolute Gasteiger partial charge is 0.443 e. The minimum absolute atomic E-state index is 0.144. The Kier molecular flexibility index (Phi) is 4.15. The fourth-order valence-corrected chi connectivity index (χ4v) is 4.55. The molecule has 0 spiro atoms. The second-order valence-electron chi connectivity index (χ2n) is 5.82. The number of pyridine rings is 1. The summed E-state index contributed by atoms with van der Waals surface area (Å²) in [6.07, 6.45) is -1.49. The molecule has 29 heavy (non-hydrogen) atoms. The number of rotatable bonds is 3. The number of thiazole rings is 1. The maximum atomic E-state index is 13.0. The fourth-order valence-electron chi connectivity index (χ4n) is 2.70. The van der Waals surface area contributed by atoms with Crippen LogP contribution < -0.4 is 5.32 Å². The number of nitrogens with one attached hydrogen (secondary N) is 2. The van der Waals surface area contributed by atoms with Crippen LogP contribution in [-0.2, 0) is 6.18 Å². The first-order valence-electron chi connectivity index (χ1n) is 7.95. The third kappa shape index (κ3) is 3.18. The molecule has 0 saturated carbocycles. The first-order chi connectivity index (χ1) is 13.9. The van der Waals surface area contributed by atoms with Gasteiger partial charge < -0.3 is 5.32 Å². The van der Waals surface area contributed by atoms with E-state index >= 15 is 0 Å². The molecule has 0 unspecified atom stereocenters. The van der Waals surface area contributed by atoms with Crippen LogP contribution in [0.1, 0.15) is 5.01 Å². The van der Waals surface area contributed by atoms with Crippen LogP contribution >= 0.6 is 34.3 Å². The first-order valence-corrected chi connectivity index (χ1v) is 9.96. The average molecular weight is 454 g/mol. The molecule has 0 fully saturated rings. The number of aromatic nitrogens is 6. The molecule has 0 radical (unpaired) electrons. The van der Waals surface area contributed by atoms with Crippen molar-refractivity contribution in [3.05, 3.63) is 40.6 Å². The van der Waals surface area contributed by atoms with Gasteiger partial charge in [0.1, 0.15) is 10.3 Å². The van der Waals surface area contributed by atoms with Gasteiger partial charge in [-0.1, -0.05) is 34.3 Å². The van der Waals surface area contributed by atoms with E-state index in [4.69, 9.17) is 11.6 Å². The third-order valence-corrected chi connectivity index (χ3v) is 6.28. The summed E-state index contributed by atoms with van der Waals surface area (Å²) < 4.78 is 39.0. The van der Waals surface area contributed by atoms with Gasteiger partial charge in [0, 0.05) is 17.1 Å². The number of halogens is 4. The lowest BCUT2D eigenvalue weighted by molar-refractivity contribution is -0.137. The summed E-state index contributed by atoms with van der Waals surface area (Å²) in [5.41, 5.74) is 1.98. The molecule has 0 aliphatic carbocycles. The Hall–Kier alpha value is -2.83. The van der Waals surface area contributed by atoms with E-state index in [2.05, 4.69) is 35.7 Å². The summed E-state index contributed by atoms with van der Waals surface area (Å²) in [6, 6.07) is 5.15. The number of alkyl halides is 3. The van der Waals surface area contributed by atoms with Crippen LogP contribution in [0.4, 0.5) is 24.0 Å². The molecular weight excluding hydrogens is 447 g/mol. The summed E-state index contributed by atoms with van der Waals surface area (Å²) in [4.78, 5) is 7.88. The van der Waals surface area contributed by atoms with Crippen molar-refractivity contribution in [3.8, 4) is 10.6 Å². The van der Waals surface area contributed by atoms with Crippen molar-refractivity contribution in [1.29, 1.82) is 0 Å². The molecule has 2 N–H and O–H groups in total. The molecule has 0 bridgehead atoms. The van der Waals surface area contributed by atoms with Crippen molar-refractivity contribution >= 4 is 66.3 Å². The van der Waals surface area contributed by atoms with Gasteiger partial charge in [-0.15, -0.1) is 10.2 Å². The number of hydrogen-bond donors (Lipinski definition) is 2. The normalized spacial score (nSPS) is 12.1. The molecule has 0 aliphatic heterocycles. The average Bonchev–Trinajstić information content (AvgIpc) is 3.42. The SMILES string of the molecule is FC(F)(F)c1nc2c(-c3nnc(Nc4ccc5[nH]ncc5c4Cl)s3)ccnc2s1. The zero-order valence-corrected chi connectivity index (χ0v) is 16.3. The second kappa shape index (κ2) is 6.61. The standard InChI is InChI=1S/C16H7ClF3N7S2/c17-10-7-5-22-25-8(7)1-2-9(10)23-15-27-26-12(29-15)6-3-4-21-13-11(6)24-14(28-13)16(18,19)20/h1-5H,(H,22,25)(H,23,27). The highest BCUT2D eigenvalue weighted by Gasteiger charge is 2.35. The molecular formula is C16H7ClF3N7S2. The smallest absolute Gasteiger partial charge is 0.329 e. The van der Waals surface area contributed by atoms with E-state index in [1.54, 1.807) is 18.3 Å². The Labute approximate surface area is 172 Å². The predicted octanol–water partition coefficient (Wildman–Crippen LogP) is 5.50. The molecule has 7 nitrogen and oxygen atoms in total. The van der Waals surface area contributed by atoms with Crippen LogP contribution in [0.15, 0.2) is 30.6 Å². The van der Waals surface area contributed by atoms with Gasteiger partial charge in [-0.3, -0.25) is 5.10 Å². The van der Waals surface area contributed by atoms with Gasteiger partial charge in [-0.25, -0.2) is 9.97 Å². The van der Waals surface area contributed by atoms with Crippen molar-refractivity contribution in [2.75, 3.05) is 5.32 Å². The number of nitrogens with zero attached hydrogens (tertiary/aromatic N) is 5. The summed E-state index contributed by atoms with van der Waals surface area (Å²) in [5, 5.41) is 19.1. The van der Waals surface area contributed by atoms with Gasteiger partial charge in [-0.2, -0.15) is 18.3 Å². The number of anilines is 2. The molecule has 5 aromatic rings. The molecule has 4 heterocycles. The first kappa shape index (κ1) is 18.2. The van der Waals surface area contributed by atoms with Gasteiger partial charge in [0.2, 0.25) is 10.1 Å². The summed E-state index contributed by atoms with van der Waals surface area (Å²) in [7, 11) is 0. The lowest BCUT2D eigenvalue weighted by atomic mass is 10.2. The third-order valence-electron chi connectivity index (χ3n) is 4.00. The van der Waals surface area contributed by atoms with Gasteiger partial charge in [0.25, 0.3) is 0 Å². The summed E-state index contributed by atoms with van der Waals surface area (Å²) >= 11 is 8.05. The van der Waals surface area contributed by atoms with E-state index < -0.39 is 11.2 Å². The molecule has 1 aromatic carbocycles. The van der Waals surface area contributed by atoms with Crippen molar-refractivity contribution in [2.45, 2.75) is 6.18 Å². The highest BCUT2D eigenvalue weighted by Crippen LogP contribution is 2.39. The Balaban J connectivity index is 1.51. The Morgan fingerprint density at radius 3 is 2.79 bits per heavy atom. The lowest BCUT2D eigenvalue weighted by Gasteiger charge is -2.05. The van der Waals surface area contributed by atoms with E-state index in [9.17, 15) is 13.2 Å². The van der Waals surface area contributed by atoms with Crippen LogP contribution in [0.3, 0.4) is 0 Å². The lowest BCUT2D eigenvalue weighted by Crippen LogP contribution is -2.03. The quantitative estimate of drug-likeness (QED) is 0.374. The van der Waals surface area contributed by atoms with E-state index in [0.29, 0.717) is 37.7 Å². The second-order valence-corrected chi connectivity index (χ2v) is 8.16. The molecule has 0 atom stereocenters. The number of hydrogen-bond acceptors (Lipinski definition) is 8. The maximum Gasteiger partial charge on any atom is 0.443 e. The summed E-state index contributed by atoms with van der Waals surface area (Å²) in [6.45, 7) is 0. The minimum atomic E-state index is -4.53. The van der Waals surface area contributed by atoms with Gasteiger partial charge in [-0.05, 0) is 18.2 Å². The van der Waals surface area contributed by atoms with Crippen LogP contribution in [-0.4, -0.2) is 30.4 Å². The van der Waals surface area contributed by atoms with E-state index in [-0.39, 0.29) is 10.3 Å². The van der Waals surface area contributed by atoms with Crippen LogP contribution in [0, 0.1) is 0 Å². The molecule has 0 saturated heterocycles. The fraction of sp³-hybridized carbons (Fsp3) is 0.0625. The highest BCUT2D eigenvalue weighted by molar-refractivity contribution is 7.19. The van der Waals surface area contributed by atoms with E-state index in [1.165, 1.54) is 17.5 Å². The van der Waals surface area contributed by atoms with Gasteiger partial charge in [0.05, 0.1) is 22.4 Å². The highest BCUT2D eigenvalue weighted by atomic mass is 35.5. The maximum absolute atomic E-state index is 13.0. The molecule has 146 valence electrons. The zero-order valence-electron chi connectivity index (χ0n) is 14.0. The monoisotopic (exact) mass is 453 g/mol. The predicted molar refractivity (Wildman–Crippen MR) is 106 cm³/mol. The number of benzene rings is 1. The molecule has 5 rings (SSSR count). The van der Waals surface area contributed by atoms with Gasteiger partial charge >= 0.3 is 6.18 Å². The van der Waals surface area contributed by atoms with Gasteiger partial charge in [0.15, 0.2) is 5.01 Å². The molecule has 0 aliphatic rings. The van der Waals surface area contributed by atoms with Crippen molar-refractivity contribution < 1.29 is 13.2 Å². The minimum Gasteiger partial charge on any atom is -0.329 e. The van der Waals surface area contributed by atoms with Crippen molar-refractivity contribution in [1.82, 2.24) is 30.4 Å². The zero-order chi connectivity index (χ0) is 20.2. The van der Waals surface area contributed by atoms with Crippen molar-refractivity contribution in [3.63, 3.8) is 0 Å². The van der Waals surface area contributed by atoms with Crippen LogP contribution in [0.25, 0.3) is 31.8 Å². The van der Waals surface area contributed by atoms with Crippen LogP contribution in [0.2, 0.25) is 5.02 Å². The van der Waals surface area contributed by atoms with E-state index in [1.807, 2.05) is 6.07 Å². The number of H-pyrrole nitrogens is 1. The molecule has 4 aromatic heterocycles. The van der Waals surface area contributed by atoms with E-state index in [0.717, 1.165) is 10.9 Å². The summed E-state index contributed by atoms with van der Waals surface area (Å²) in [5.74, 6) is 0. The molecule has 13 heteroatoms. The molecule has 0 amide bonds. The topological polar surface area (TPSA) is 92.3 Å². The van der Waals surface area contributed by atoms with Crippen molar-refractivity contribution in [2.24, 2.45) is 0 Å².